The molecule has 0 saturated carbocycles. The predicted octanol–water partition coefficient (Wildman–Crippen LogP) is 3.93. The van der Waals surface area contributed by atoms with Crippen molar-refractivity contribution in [3.63, 3.8) is 0 Å². The van der Waals surface area contributed by atoms with Gasteiger partial charge >= 0.3 is 7.75 Å². The van der Waals surface area contributed by atoms with E-state index < -0.39 is 18.9 Å². The van der Waals surface area contributed by atoms with Crippen LogP contribution in [0.25, 0.3) is 0 Å². The van der Waals surface area contributed by atoms with Crippen molar-refractivity contribution in [3.8, 4) is 0 Å². The summed E-state index contributed by atoms with van der Waals surface area (Å²) in [7, 11) is -3.63. The molecule has 0 amide bonds. The maximum Gasteiger partial charge on any atom is 0.462 e. The van der Waals surface area contributed by atoms with Gasteiger partial charge in [0.1, 0.15) is 0 Å². The van der Waals surface area contributed by atoms with Gasteiger partial charge in [-0.3, -0.25) is 0 Å². The SMILES string of the molecule is CCN(CC)P(=O)(OOC(C)(C)C)OOC(C)(C)C. The van der Waals surface area contributed by atoms with E-state index in [1.54, 1.807) is 41.5 Å². The molecular weight excluding hydrogens is 269 g/mol. The van der Waals surface area contributed by atoms with Crippen molar-refractivity contribution in [2.24, 2.45) is 0 Å². The van der Waals surface area contributed by atoms with Crippen molar-refractivity contribution in [3.05, 3.63) is 0 Å². The van der Waals surface area contributed by atoms with Crippen LogP contribution in [0.5, 0.6) is 0 Å². The van der Waals surface area contributed by atoms with E-state index in [2.05, 4.69) is 0 Å². The Labute approximate surface area is 116 Å². The highest BCUT2D eigenvalue weighted by Gasteiger charge is 2.38. The van der Waals surface area contributed by atoms with Crippen molar-refractivity contribution in [2.45, 2.75) is 66.6 Å². The van der Waals surface area contributed by atoms with Crippen LogP contribution in [-0.4, -0.2) is 29.0 Å². The Bertz CT molecular complexity index is 282. The average Bonchev–Trinajstić information content (AvgIpc) is 2.24. The molecule has 0 spiro atoms. The van der Waals surface area contributed by atoms with Crippen LogP contribution in [0.3, 0.4) is 0 Å². The van der Waals surface area contributed by atoms with Crippen molar-refractivity contribution in [2.75, 3.05) is 13.1 Å². The molecular formula is C12H28NO5P. The third kappa shape index (κ3) is 8.02. The van der Waals surface area contributed by atoms with E-state index in [4.69, 9.17) is 19.1 Å². The van der Waals surface area contributed by atoms with Gasteiger partial charge in [0.2, 0.25) is 0 Å². The molecule has 0 N–H and O–H groups in total. The third-order valence-electron chi connectivity index (χ3n) is 1.84. The predicted molar refractivity (Wildman–Crippen MR) is 74.4 cm³/mol. The summed E-state index contributed by atoms with van der Waals surface area (Å²) < 4.78 is 24.4. The van der Waals surface area contributed by atoms with E-state index >= 15 is 0 Å². The number of hydrogen-bond acceptors (Lipinski definition) is 5. The molecule has 0 aromatic carbocycles. The first-order chi connectivity index (χ1) is 8.43. The second kappa shape index (κ2) is 7.16. The normalized spacial score (nSPS) is 14.2. The monoisotopic (exact) mass is 297 g/mol. The van der Waals surface area contributed by atoms with Crippen LogP contribution in [0.15, 0.2) is 0 Å². The Hall–Kier alpha value is 0.0300. The molecule has 7 heteroatoms. The Morgan fingerprint density at radius 3 is 1.37 bits per heavy atom. The number of nitrogens with zero attached hydrogens (tertiary/aromatic N) is 1. The molecule has 0 bridgehead atoms. The molecule has 0 radical (unpaired) electrons. The minimum atomic E-state index is -3.63. The van der Waals surface area contributed by atoms with Gasteiger partial charge in [0.25, 0.3) is 0 Å². The van der Waals surface area contributed by atoms with Crippen LogP contribution in [0.2, 0.25) is 0 Å². The number of rotatable bonds is 7. The quantitative estimate of drug-likeness (QED) is 0.403. The van der Waals surface area contributed by atoms with Gasteiger partial charge in [-0.05, 0) is 41.5 Å². The molecule has 0 atom stereocenters. The van der Waals surface area contributed by atoms with Crippen LogP contribution in [0.4, 0.5) is 0 Å². The standard InChI is InChI=1S/C12H28NO5P/c1-9-13(10-2)19(14,17-15-11(3,4)5)18-16-12(6,7)8/h9-10H2,1-8H3. The van der Waals surface area contributed by atoms with Gasteiger partial charge in [-0.2, -0.15) is 0 Å². The second-order valence-corrected chi connectivity index (χ2v) is 7.95. The fourth-order valence-corrected chi connectivity index (χ4v) is 2.54. The Morgan fingerprint density at radius 2 is 1.16 bits per heavy atom. The summed E-state index contributed by atoms with van der Waals surface area (Å²) >= 11 is 0. The molecule has 6 nitrogen and oxygen atoms in total. The minimum Gasteiger partial charge on any atom is -0.236 e. The summed E-state index contributed by atoms with van der Waals surface area (Å²) in [4.78, 5) is 10.3. The molecule has 0 saturated heterocycles. The van der Waals surface area contributed by atoms with Gasteiger partial charge in [-0.1, -0.05) is 13.8 Å². The van der Waals surface area contributed by atoms with Gasteiger partial charge in [0, 0.05) is 13.1 Å². The fraction of sp³-hybridized carbons (Fsp3) is 1.00. The van der Waals surface area contributed by atoms with Crippen LogP contribution >= 0.6 is 7.75 Å². The molecule has 0 aliphatic carbocycles. The summed E-state index contributed by atoms with van der Waals surface area (Å²) in [5.74, 6) is 0. The van der Waals surface area contributed by atoms with Gasteiger partial charge in [-0.15, -0.1) is 9.35 Å². The van der Waals surface area contributed by atoms with E-state index in [0.717, 1.165) is 0 Å². The van der Waals surface area contributed by atoms with E-state index in [-0.39, 0.29) is 0 Å². The highest BCUT2D eigenvalue weighted by Crippen LogP contribution is 2.53. The Balaban J connectivity index is 4.87. The summed E-state index contributed by atoms with van der Waals surface area (Å²) in [6.45, 7) is 15.5. The van der Waals surface area contributed by atoms with Gasteiger partial charge < -0.3 is 0 Å². The van der Waals surface area contributed by atoms with Crippen LogP contribution in [0, 0.1) is 0 Å². The summed E-state index contributed by atoms with van der Waals surface area (Å²) in [5.41, 5.74) is -1.18. The van der Waals surface area contributed by atoms with Crippen LogP contribution in [0.1, 0.15) is 55.4 Å². The molecule has 0 unspecified atom stereocenters. The first kappa shape index (κ1) is 19.0. The molecule has 0 aromatic rings. The van der Waals surface area contributed by atoms with Gasteiger partial charge in [-0.25, -0.2) is 19.0 Å². The Kier molecular flexibility index (Phi) is 7.17. The van der Waals surface area contributed by atoms with Crippen molar-refractivity contribution in [1.29, 1.82) is 0 Å². The third-order valence-corrected chi connectivity index (χ3v) is 3.62. The first-order valence-corrected chi connectivity index (χ1v) is 8.03. The van der Waals surface area contributed by atoms with E-state index in [0.29, 0.717) is 13.1 Å². The minimum absolute atomic E-state index is 0.495. The summed E-state index contributed by atoms with van der Waals surface area (Å²) in [5, 5.41) is 0. The second-order valence-electron chi connectivity index (χ2n) is 6.15. The maximum absolute atomic E-state index is 12.7. The lowest BCUT2D eigenvalue weighted by Crippen LogP contribution is -2.28. The smallest absolute Gasteiger partial charge is 0.236 e. The molecule has 116 valence electrons. The molecule has 0 aliphatic heterocycles. The topological polar surface area (TPSA) is 57.2 Å². The number of hydrogen-bond donors (Lipinski definition) is 0. The summed E-state index contributed by atoms with van der Waals surface area (Å²) in [6.07, 6.45) is 0. The van der Waals surface area contributed by atoms with Gasteiger partial charge in [0.15, 0.2) is 0 Å². The molecule has 0 heterocycles. The maximum atomic E-state index is 12.7. The highest BCUT2D eigenvalue weighted by atomic mass is 31.2. The molecule has 0 rings (SSSR count). The van der Waals surface area contributed by atoms with E-state index in [9.17, 15) is 4.57 Å². The van der Waals surface area contributed by atoms with Crippen LogP contribution in [-0.2, 0) is 23.7 Å². The largest absolute Gasteiger partial charge is 0.462 e. The molecule has 0 fully saturated rings. The molecule has 19 heavy (non-hydrogen) atoms. The lowest BCUT2D eigenvalue weighted by molar-refractivity contribution is -0.332. The molecule has 0 aliphatic rings. The molecule has 0 aromatic heterocycles. The van der Waals surface area contributed by atoms with Crippen molar-refractivity contribution < 1.29 is 23.7 Å². The van der Waals surface area contributed by atoms with Crippen LogP contribution < -0.4 is 0 Å². The van der Waals surface area contributed by atoms with Crippen molar-refractivity contribution >= 4 is 7.75 Å². The summed E-state index contributed by atoms with van der Waals surface area (Å²) in [6, 6.07) is 0. The van der Waals surface area contributed by atoms with Crippen molar-refractivity contribution in [1.82, 2.24) is 4.67 Å². The first-order valence-electron chi connectivity index (χ1n) is 6.54. The fourth-order valence-electron chi connectivity index (χ4n) is 0.995. The lowest BCUT2D eigenvalue weighted by Gasteiger charge is -2.30. The lowest BCUT2D eigenvalue weighted by atomic mass is 10.2. The van der Waals surface area contributed by atoms with Gasteiger partial charge in [0.05, 0.1) is 11.2 Å². The van der Waals surface area contributed by atoms with E-state index in [1.165, 1.54) is 4.67 Å². The average molecular weight is 297 g/mol. The Morgan fingerprint density at radius 1 is 0.842 bits per heavy atom. The zero-order valence-electron chi connectivity index (χ0n) is 13.3. The zero-order valence-corrected chi connectivity index (χ0v) is 14.2. The zero-order chi connectivity index (χ0) is 15.3. The highest BCUT2D eigenvalue weighted by molar-refractivity contribution is 7.51. The van der Waals surface area contributed by atoms with E-state index in [1.807, 2.05) is 13.8 Å².